The van der Waals surface area contributed by atoms with Crippen molar-refractivity contribution in [3.63, 3.8) is 0 Å². The topological polar surface area (TPSA) is 84.7 Å². The number of rotatable bonds is 6. The summed E-state index contributed by atoms with van der Waals surface area (Å²) in [5.74, 6) is -0.306. The Morgan fingerprint density at radius 2 is 1.79 bits per heavy atom. The maximum atomic E-state index is 13.4. The third-order valence-corrected chi connectivity index (χ3v) is 5.23. The van der Waals surface area contributed by atoms with Crippen molar-refractivity contribution in [3.8, 4) is 22.5 Å². The van der Waals surface area contributed by atoms with Gasteiger partial charge in [-0.25, -0.2) is 14.1 Å². The van der Waals surface area contributed by atoms with Gasteiger partial charge in [-0.05, 0) is 67.6 Å². The van der Waals surface area contributed by atoms with E-state index in [1.807, 2.05) is 38.4 Å². The van der Waals surface area contributed by atoms with Gasteiger partial charge in [-0.3, -0.25) is 15.1 Å². The Kier molecular flexibility index (Phi) is 6.93. The lowest BCUT2D eigenvalue weighted by Crippen LogP contribution is -2.17. The first kappa shape index (κ1) is 23.1. The molecule has 9 heteroatoms. The Labute approximate surface area is 201 Å². The fourth-order valence-electron chi connectivity index (χ4n) is 3.23. The van der Waals surface area contributed by atoms with E-state index < -0.39 is 0 Å². The summed E-state index contributed by atoms with van der Waals surface area (Å²) in [6, 6.07) is 13.3. The highest BCUT2D eigenvalue weighted by Gasteiger charge is 2.14. The Balaban J connectivity index is 1.61. The molecular formula is C25H22FN7S. The van der Waals surface area contributed by atoms with E-state index in [2.05, 4.69) is 32.8 Å². The number of nitrogens with one attached hydrogen (secondary N) is 1. The summed E-state index contributed by atoms with van der Waals surface area (Å²) in [5, 5.41) is 17.9. The number of benzene rings is 1. The van der Waals surface area contributed by atoms with Crippen LogP contribution >= 0.6 is 12.6 Å². The highest BCUT2D eigenvalue weighted by Crippen LogP contribution is 2.29. The van der Waals surface area contributed by atoms with Crippen LogP contribution in [-0.4, -0.2) is 29.6 Å². The molecule has 7 nitrogen and oxygen atoms in total. The largest absolute Gasteiger partial charge is 0.283 e. The number of pyridine rings is 1. The predicted octanol–water partition coefficient (Wildman–Crippen LogP) is 4.72. The number of aryl methyl sites for hydroxylation is 1. The molecule has 3 heterocycles. The maximum Gasteiger partial charge on any atom is 0.146 e. The third-order valence-electron chi connectivity index (χ3n) is 4.87. The molecule has 3 aromatic heterocycles. The van der Waals surface area contributed by atoms with Crippen LogP contribution in [0.15, 0.2) is 90.0 Å². The van der Waals surface area contributed by atoms with Gasteiger partial charge in [-0.2, -0.15) is 10.2 Å². The molecule has 4 rings (SSSR count). The smallest absolute Gasteiger partial charge is 0.146 e. The highest BCUT2D eigenvalue weighted by molar-refractivity contribution is 7.97. The first-order chi connectivity index (χ1) is 16.4. The van der Waals surface area contributed by atoms with Crippen LogP contribution in [0.1, 0.15) is 12.5 Å². The zero-order valence-electron chi connectivity index (χ0n) is 18.6. The molecule has 0 saturated heterocycles. The average Bonchev–Trinajstić information content (AvgIpc) is 3.23. The van der Waals surface area contributed by atoms with Crippen molar-refractivity contribution in [2.75, 3.05) is 0 Å². The number of hydrogen-bond acceptors (Lipinski definition) is 5. The van der Waals surface area contributed by atoms with Crippen LogP contribution in [0.4, 0.5) is 4.39 Å². The molecular weight excluding hydrogens is 449 g/mol. The van der Waals surface area contributed by atoms with Gasteiger partial charge in [-0.15, -0.1) is 12.6 Å². The second kappa shape index (κ2) is 10.2. The van der Waals surface area contributed by atoms with Gasteiger partial charge in [0.05, 0.1) is 5.69 Å². The normalized spacial score (nSPS) is 12.5. The zero-order valence-corrected chi connectivity index (χ0v) is 19.5. The number of hydrogen-bond donors (Lipinski definition) is 2. The van der Waals surface area contributed by atoms with Crippen molar-refractivity contribution >= 4 is 23.9 Å². The Bertz CT molecular complexity index is 1450. The molecule has 4 aromatic rings. The lowest BCUT2D eigenvalue weighted by molar-refractivity contribution is 0.628. The minimum absolute atomic E-state index is 0.216. The van der Waals surface area contributed by atoms with Crippen LogP contribution in [-0.2, 0) is 7.05 Å². The van der Waals surface area contributed by atoms with E-state index in [-0.39, 0.29) is 11.3 Å². The summed E-state index contributed by atoms with van der Waals surface area (Å²) < 4.78 is 16.5. The van der Waals surface area contributed by atoms with Gasteiger partial charge in [0.15, 0.2) is 0 Å². The second-order valence-electron chi connectivity index (χ2n) is 7.44. The van der Waals surface area contributed by atoms with Gasteiger partial charge in [0.25, 0.3) is 0 Å². The summed E-state index contributed by atoms with van der Waals surface area (Å²) in [7, 11) is 1.82. The first-order valence-corrected chi connectivity index (χ1v) is 10.8. The van der Waals surface area contributed by atoms with E-state index in [0.717, 1.165) is 22.4 Å². The number of allylic oxidation sites excluding steroid dienone is 3. The van der Waals surface area contributed by atoms with Crippen LogP contribution in [0, 0.1) is 11.2 Å². The van der Waals surface area contributed by atoms with E-state index in [4.69, 9.17) is 5.41 Å². The number of nitrogens with zero attached hydrogens (tertiary/aromatic N) is 6. The number of halogens is 1. The lowest BCUT2D eigenvalue weighted by atomic mass is 10.1. The minimum Gasteiger partial charge on any atom is -0.283 e. The van der Waals surface area contributed by atoms with E-state index in [1.165, 1.54) is 16.8 Å². The van der Waals surface area contributed by atoms with Gasteiger partial charge < -0.3 is 0 Å². The Morgan fingerprint density at radius 1 is 1.06 bits per heavy atom. The number of aromatic nitrogens is 5. The molecule has 0 spiro atoms. The van der Waals surface area contributed by atoms with Crippen molar-refractivity contribution < 1.29 is 4.39 Å². The van der Waals surface area contributed by atoms with Gasteiger partial charge in [0.1, 0.15) is 22.0 Å². The van der Waals surface area contributed by atoms with E-state index in [9.17, 15) is 4.39 Å². The molecule has 0 atom stereocenters. The molecule has 0 radical (unpaired) electrons. The molecule has 0 aliphatic carbocycles. The van der Waals surface area contributed by atoms with Gasteiger partial charge in [-0.1, -0.05) is 0 Å². The molecule has 0 saturated carbocycles. The summed E-state index contributed by atoms with van der Waals surface area (Å²) >= 11 is 4.45. The quantitative estimate of drug-likeness (QED) is 0.185. The fourth-order valence-corrected chi connectivity index (χ4v) is 3.53. The molecule has 0 aliphatic rings. The van der Waals surface area contributed by atoms with Crippen molar-refractivity contribution in [2.24, 2.45) is 12.0 Å². The van der Waals surface area contributed by atoms with Crippen LogP contribution in [0.5, 0.6) is 0 Å². The fraction of sp³-hybridized carbons (Fsp3) is 0.0800. The molecule has 0 bridgehead atoms. The molecule has 0 amide bonds. The SMILES string of the molecule is CC(=C\C=C\n1nc(-c2cn(C)nc2-c2ccc(F)cc2)ccc1=N)/N=C(\S)c1ccncc1. The summed E-state index contributed by atoms with van der Waals surface area (Å²) in [6.45, 7) is 1.86. The standard InChI is InChI=1S/C25H22FN7S/c1-17(29-25(34)19-11-13-28-14-12-19)4-3-15-33-23(27)10-9-22(30-33)21-16-32(2)31-24(21)18-5-7-20(26)8-6-18/h3-16,27H,1-2H3,(H,29,34)/b15-3+,17-4+,27-23?. The molecule has 0 unspecified atom stereocenters. The monoisotopic (exact) mass is 471 g/mol. The van der Waals surface area contributed by atoms with Crippen molar-refractivity contribution in [3.05, 3.63) is 102 Å². The highest BCUT2D eigenvalue weighted by atomic mass is 32.1. The van der Waals surface area contributed by atoms with Gasteiger partial charge in [0, 0.05) is 54.2 Å². The average molecular weight is 472 g/mol. The summed E-state index contributed by atoms with van der Waals surface area (Å²) in [5.41, 5.74) is 4.72. The molecule has 0 fully saturated rings. The molecule has 1 aromatic carbocycles. The minimum atomic E-state index is -0.306. The maximum absolute atomic E-state index is 13.4. The molecule has 170 valence electrons. The van der Waals surface area contributed by atoms with Crippen molar-refractivity contribution in [1.29, 1.82) is 5.41 Å². The first-order valence-electron chi connectivity index (χ1n) is 10.4. The van der Waals surface area contributed by atoms with Gasteiger partial charge >= 0.3 is 0 Å². The van der Waals surface area contributed by atoms with E-state index in [0.29, 0.717) is 16.4 Å². The lowest BCUT2D eigenvalue weighted by Gasteiger charge is -2.05. The molecule has 34 heavy (non-hydrogen) atoms. The van der Waals surface area contributed by atoms with Crippen LogP contribution in [0.2, 0.25) is 0 Å². The number of aliphatic imine (C=N–C) groups is 1. The van der Waals surface area contributed by atoms with Crippen LogP contribution in [0.25, 0.3) is 28.7 Å². The van der Waals surface area contributed by atoms with Crippen molar-refractivity contribution in [2.45, 2.75) is 6.92 Å². The second-order valence-corrected chi connectivity index (χ2v) is 7.86. The molecule has 1 N–H and O–H groups in total. The number of thiol groups is 1. The molecule has 0 aliphatic heterocycles. The van der Waals surface area contributed by atoms with E-state index >= 15 is 0 Å². The van der Waals surface area contributed by atoms with Crippen molar-refractivity contribution in [1.82, 2.24) is 24.5 Å². The van der Waals surface area contributed by atoms with Crippen LogP contribution in [0.3, 0.4) is 0 Å². The summed E-state index contributed by atoms with van der Waals surface area (Å²) in [4.78, 5) is 8.46. The van der Waals surface area contributed by atoms with Crippen LogP contribution < -0.4 is 5.49 Å². The predicted molar refractivity (Wildman–Crippen MR) is 135 cm³/mol. The zero-order chi connectivity index (χ0) is 24.1. The Hall–Kier alpha value is -4.11. The van der Waals surface area contributed by atoms with Gasteiger partial charge in [0.2, 0.25) is 0 Å². The Morgan fingerprint density at radius 3 is 2.53 bits per heavy atom. The summed E-state index contributed by atoms with van der Waals surface area (Å²) in [6.07, 6.45) is 10.5. The van der Waals surface area contributed by atoms with E-state index in [1.54, 1.807) is 53.6 Å². The third kappa shape index (κ3) is 5.44.